The van der Waals surface area contributed by atoms with Crippen molar-refractivity contribution in [1.29, 1.82) is 0 Å². The molecule has 0 atom stereocenters. The molecule has 0 saturated carbocycles. The Labute approximate surface area is 694 Å². The van der Waals surface area contributed by atoms with Crippen LogP contribution in [0.25, 0.3) is 207 Å². The van der Waals surface area contributed by atoms with Crippen LogP contribution in [-0.2, 0) is 10.8 Å². The maximum absolute atomic E-state index is 10.2. The van der Waals surface area contributed by atoms with E-state index in [0.29, 0.717) is 5.46 Å². The molecular formula is C114H78BBrO2. The van der Waals surface area contributed by atoms with Gasteiger partial charge in [-0.15, -0.1) is 0 Å². The molecule has 22 aromatic rings. The lowest BCUT2D eigenvalue weighted by Crippen LogP contribution is -2.31. The second-order valence-electron chi connectivity index (χ2n) is 33.1. The van der Waals surface area contributed by atoms with Crippen LogP contribution < -0.4 is 5.46 Å². The van der Waals surface area contributed by atoms with Gasteiger partial charge in [-0.05, 0) is 277 Å². The third-order valence-corrected chi connectivity index (χ3v) is 26.5. The van der Waals surface area contributed by atoms with Crippen molar-refractivity contribution in [3.8, 4) is 77.9 Å². The molecular weight excluding hydrogens is 1490 g/mol. The Morgan fingerprint density at radius 3 is 0.873 bits per heavy atom. The van der Waals surface area contributed by atoms with Gasteiger partial charge in [-0.25, -0.2) is 0 Å². The second-order valence-corrected chi connectivity index (χ2v) is 34.0. The van der Waals surface area contributed by atoms with Crippen molar-refractivity contribution in [3.05, 3.63) is 415 Å². The fourth-order valence-corrected chi connectivity index (χ4v) is 20.9. The zero-order valence-corrected chi connectivity index (χ0v) is 67.4. The van der Waals surface area contributed by atoms with Crippen LogP contribution in [0.1, 0.15) is 49.9 Å². The van der Waals surface area contributed by atoms with Crippen LogP contribution >= 0.6 is 15.9 Å². The fraction of sp³-hybridized carbons (Fsp3) is 0.0526. The monoisotopic (exact) mass is 1570 g/mol. The van der Waals surface area contributed by atoms with E-state index in [1.54, 1.807) is 0 Å². The van der Waals surface area contributed by atoms with Crippen molar-refractivity contribution in [1.82, 2.24) is 0 Å². The summed E-state index contributed by atoms with van der Waals surface area (Å²) in [5.41, 5.74) is 23.8. The highest BCUT2D eigenvalue weighted by Crippen LogP contribution is 2.55. The molecule has 0 unspecified atom stereocenters. The van der Waals surface area contributed by atoms with Crippen LogP contribution in [0.4, 0.5) is 0 Å². The number of hydrogen-bond donors (Lipinski definition) is 2. The van der Waals surface area contributed by atoms with Gasteiger partial charge in [0.15, 0.2) is 0 Å². The predicted molar refractivity (Wildman–Crippen MR) is 509 cm³/mol. The summed E-state index contributed by atoms with van der Waals surface area (Å²) in [5.74, 6) is 0. The van der Waals surface area contributed by atoms with Crippen LogP contribution in [0.15, 0.2) is 393 Å². The van der Waals surface area contributed by atoms with Crippen LogP contribution in [-0.4, -0.2) is 17.2 Å². The van der Waals surface area contributed by atoms with Gasteiger partial charge in [0.05, 0.1) is 0 Å². The molecule has 0 fully saturated rings. The Morgan fingerprint density at radius 1 is 0.195 bits per heavy atom. The number of benzene rings is 22. The number of fused-ring (bicyclic) bond motifs is 24. The maximum atomic E-state index is 10.2. The molecule has 22 aromatic carbocycles. The molecule has 0 aliphatic heterocycles. The topological polar surface area (TPSA) is 40.5 Å². The van der Waals surface area contributed by atoms with Crippen molar-refractivity contribution in [2.75, 3.05) is 0 Å². The largest absolute Gasteiger partial charge is 0.489 e. The Morgan fingerprint density at radius 2 is 0.466 bits per heavy atom. The van der Waals surface area contributed by atoms with Gasteiger partial charge in [0.1, 0.15) is 0 Å². The number of hydrogen-bond acceptors (Lipinski definition) is 2. The van der Waals surface area contributed by atoms with E-state index in [-0.39, 0.29) is 10.8 Å². The lowest BCUT2D eigenvalue weighted by Gasteiger charge is -2.22. The normalized spacial score (nSPS) is 13.0. The van der Waals surface area contributed by atoms with Gasteiger partial charge in [0.2, 0.25) is 0 Å². The Hall–Kier alpha value is -13.6. The summed E-state index contributed by atoms with van der Waals surface area (Å²) in [6, 6.07) is 141. The summed E-state index contributed by atoms with van der Waals surface area (Å²) >= 11 is 3.67. The molecule has 0 spiro atoms. The van der Waals surface area contributed by atoms with Gasteiger partial charge in [-0.2, -0.15) is 0 Å². The quantitative estimate of drug-likeness (QED) is 0.0990. The summed E-state index contributed by atoms with van der Waals surface area (Å²) in [5, 5.41) is 50.0. The van der Waals surface area contributed by atoms with Gasteiger partial charge in [0.25, 0.3) is 0 Å². The SMILES string of the molecule is CC1(C)c2ccccc2-c2cc3c4ccccc4c4cc(-c5c6ccccc6c(-c6ccc(-c7cccc8ccccc78)cc6)c6ccccc56)ccc4c3cc21.CC1(C)c2ccccc2-c2cc3c4ccccc4c4cc(Br)ccc4c3cc21.OB(O)c1c2ccccc2c(-c2ccc(-c3cccc4ccccc34)cc2)c2ccccc12. The highest BCUT2D eigenvalue weighted by molar-refractivity contribution is 9.10. The molecule has 556 valence electrons. The van der Waals surface area contributed by atoms with Gasteiger partial charge in [-0.3, -0.25) is 0 Å². The smallest absolute Gasteiger partial charge is 0.423 e. The van der Waals surface area contributed by atoms with Gasteiger partial charge < -0.3 is 10.0 Å². The van der Waals surface area contributed by atoms with E-state index < -0.39 is 7.12 Å². The molecule has 24 rings (SSSR count). The van der Waals surface area contributed by atoms with Crippen LogP contribution in [0.2, 0.25) is 0 Å². The minimum absolute atomic E-state index is 0.0213. The van der Waals surface area contributed by atoms with Crippen LogP contribution in [0.5, 0.6) is 0 Å². The first kappa shape index (κ1) is 71.0. The molecule has 4 heteroatoms. The molecule has 0 bridgehead atoms. The highest BCUT2D eigenvalue weighted by Gasteiger charge is 2.38. The summed E-state index contributed by atoms with van der Waals surface area (Å²) < 4.78 is 1.12. The highest BCUT2D eigenvalue weighted by atomic mass is 79.9. The van der Waals surface area contributed by atoms with Crippen LogP contribution in [0, 0.1) is 0 Å². The van der Waals surface area contributed by atoms with E-state index in [4.69, 9.17) is 0 Å². The average Bonchev–Trinajstić information content (AvgIpc) is 1.57. The molecule has 0 saturated heterocycles. The fourth-order valence-electron chi connectivity index (χ4n) is 20.5. The van der Waals surface area contributed by atoms with Crippen molar-refractivity contribution in [3.63, 3.8) is 0 Å². The third kappa shape index (κ3) is 11.2. The summed E-state index contributed by atoms with van der Waals surface area (Å²) in [6.07, 6.45) is 0. The Kier molecular flexibility index (Phi) is 16.8. The third-order valence-electron chi connectivity index (χ3n) is 26.0. The predicted octanol–water partition coefficient (Wildman–Crippen LogP) is 30.3. The van der Waals surface area contributed by atoms with Crippen molar-refractivity contribution >= 4 is 158 Å². The van der Waals surface area contributed by atoms with Crippen LogP contribution in [0.3, 0.4) is 0 Å². The lowest BCUT2D eigenvalue weighted by atomic mass is 9.72. The maximum Gasteiger partial charge on any atom is 0.489 e. The number of halogens is 1. The van der Waals surface area contributed by atoms with E-state index in [2.05, 4.69) is 395 Å². The molecule has 2 aliphatic carbocycles. The zero-order valence-electron chi connectivity index (χ0n) is 65.8. The summed E-state index contributed by atoms with van der Waals surface area (Å²) in [6.45, 7) is 9.46. The average molecular weight is 1570 g/mol. The molecule has 2 aliphatic rings. The standard InChI is InChI=1S/C57H38.C30H21BO2.C27H19Br/c1-57(2)53-25-12-11-19-44(53)52-33-50-42-18-6-5-17-41(42)49-32-38(30-31-43(49)51(50)34-54(52)57)56-47-22-9-7-20-45(47)55(46-21-8-10-23-48(46)56)37-28-26-36(27-29-37)40-24-13-15-35-14-3-4-16-39(35)40;32-31(33)30-27-13-5-3-11-25(27)29(26-12-4-6-14-28(26)30)22-18-16-21(17-19-22)24-15-7-9-20-8-1-2-10-23(20)24;1-27(2)25-10-6-5-9-20(25)24-14-22-18-8-4-3-7-17(18)21-13-16(28)11-12-19(21)23(22)15-26(24)27/h3-34H,1-2H3;1-19,32-33H;3-15H,1-2H3. The minimum atomic E-state index is -1.54. The minimum Gasteiger partial charge on any atom is -0.423 e. The molecule has 0 heterocycles. The zero-order chi connectivity index (χ0) is 79.2. The van der Waals surface area contributed by atoms with Gasteiger partial charge in [-0.1, -0.05) is 389 Å². The van der Waals surface area contributed by atoms with Gasteiger partial charge in [0, 0.05) is 15.3 Å². The second kappa shape index (κ2) is 27.8. The molecule has 2 nitrogen and oxygen atoms in total. The van der Waals surface area contributed by atoms with E-state index in [1.807, 2.05) is 36.4 Å². The van der Waals surface area contributed by atoms with Crippen molar-refractivity contribution in [2.45, 2.75) is 38.5 Å². The molecule has 2 N–H and O–H groups in total. The lowest BCUT2D eigenvalue weighted by molar-refractivity contribution is 0.426. The van der Waals surface area contributed by atoms with E-state index in [1.165, 1.54) is 197 Å². The van der Waals surface area contributed by atoms with Crippen molar-refractivity contribution in [2.24, 2.45) is 0 Å². The first-order valence-electron chi connectivity index (χ1n) is 40.9. The summed E-state index contributed by atoms with van der Waals surface area (Å²) in [7, 11) is -1.54. The summed E-state index contributed by atoms with van der Waals surface area (Å²) in [4.78, 5) is 0. The first-order chi connectivity index (χ1) is 57.8. The van der Waals surface area contributed by atoms with E-state index >= 15 is 0 Å². The molecule has 0 aromatic heterocycles. The van der Waals surface area contributed by atoms with E-state index in [9.17, 15) is 10.0 Å². The van der Waals surface area contributed by atoms with E-state index in [0.717, 1.165) is 37.1 Å². The Balaban J connectivity index is 0.000000117. The Bertz CT molecular complexity index is 7840. The first-order valence-corrected chi connectivity index (χ1v) is 41.7. The van der Waals surface area contributed by atoms with Crippen molar-refractivity contribution < 1.29 is 10.0 Å². The number of rotatable bonds is 6. The molecule has 0 amide bonds. The molecule has 0 radical (unpaired) electrons. The molecule has 118 heavy (non-hydrogen) atoms. The van der Waals surface area contributed by atoms with Gasteiger partial charge >= 0.3 is 7.12 Å².